The normalized spacial score (nSPS) is 21.1. The lowest BCUT2D eigenvalue weighted by atomic mass is 10.1. The fourth-order valence-corrected chi connectivity index (χ4v) is 5.97. The number of hydrogen-bond acceptors (Lipinski definition) is 7. The lowest BCUT2D eigenvalue weighted by Gasteiger charge is -2.44. The van der Waals surface area contributed by atoms with Gasteiger partial charge in [0, 0.05) is 75.7 Å². The van der Waals surface area contributed by atoms with Gasteiger partial charge in [0.05, 0.1) is 39.5 Å². The van der Waals surface area contributed by atoms with E-state index in [1.54, 1.807) is 6.20 Å². The van der Waals surface area contributed by atoms with Crippen molar-refractivity contribution in [2.24, 2.45) is 0 Å². The van der Waals surface area contributed by atoms with Crippen molar-refractivity contribution >= 4 is 34.6 Å². The minimum atomic E-state index is -2.62. The number of rotatable bonds is 7. The van der Waals surface area contributed by atoms with Crippen LogP contribution in [0.15, 0.2) is 24.4 Å². The highest BCUT2D eigenvalue weighted by Gasteiger charge is 2.34. The Morgan fingerprint density at radius 1 is 1.11 bits per heavy atom. The number of alkyl halides is 2. The molecule has 9 nitrogen and oxygen atoms in total. The summed E-state index contributed by atoms with van der Waals surface area (Å²) in [6.45, 7) is 7.87. The van der Waals surface area contributed by atoms with Gasteiger partial charge in [-0.05, 0) is 40.0 Å². The predicted octanol–water partition coefficient (Wildman–Crippen LogP) is 5.14. The van der Waals surface area contributed by atoms with Gasteiger partial charge in [0.1, 0.15) is 5.69 Å². The minimum absolute atomic E-state index is 0.0153. The zero-order chi connectivity index (χ0) is 31.9. The van der Waals surface area contributed by atoms with E-state index in [-0.39, 0.29) is 52.4 Å². The first kappa shape index (κ1) is 32.0. The van der Waals surface area contributed by atoms with Crippen LogP contribution in [0.5, 0.6) is 0 Å². The van der Waals surface area contributed by atoms with Crippen LogP contribution in [0.3, 0.4) is 0 Å². The third-order valence-electron chi connectivity index (χ3n) is 8.77. The summed E-state index contributed by atoms with van der Waals surface area (Å²) in [5.74, 6) is -4.53. The minimum Gasteiger partial charge on any atom is -0.396 e. The lowest BCUT2D eigenvalue weighted by Crippen LogP contribution is -2.55. The molecule has 44 heavy (non-hydrogen) atoms. The summed E-state index contributed by atoms with van der Waals surface area (Å²) in [5.41, 5.74) is 7.00. The van der Waals surface area contributed by atoms with Gasteiger partial charge in [-0.25, -0.2) is 22.2 Å². The number of halogens is 5. The Bertz CT molecular complexity index is 1530. The molecule has 0 aliphatic carbocycles. The number of carbonyl (C=O) groups is 1. The summed E-state index contributed by atoms with van der Waals surface area (Å²) in [7, 11) is 2.03. The topological polar surface area (TPSA) is 95.5 Å². The molecule has 0 radical (unpaired) electrons. The number of hydrogen-bond donors (Lipinski definition) is 2. The smallest absolute Gasteiger partial charge is 0.257 e. The monoisotopic (exact) mass is 636 g/mol. The highest BCUT2D eigenvalue weighted by Crippen LogP contribution is 2.35. The highest BCUT2D eigenvalue weighted by atomic mass is 35.5. The molecule has 238 valence electrons. The van der Waals surface area contributed by atoms with Crippen molar-refractivity contribution in [1.82, 2.24) is 24.8 Å². The maximum atomic E-state index is 15.8. The molecule has 3 aromatic rings. The molecular weight excluding hydrogens is 600 g/mol. The first-order chi connectivity index (χ1) is 20.7. The number of piperidine rings is 1. The SMILES string of the molecule is Cc1c(F)c(N)cc(C(=O)Nc2cc(-n3cc(CCN4CCC(F)(F)CC4)nn3)c(F)cc2N2C[C@@H](C)N(C)[C@@H](C)C2)c1Cl. The van der Waals surface area contributed by atoms with Gasteiger partial charge in [0.25, 0.3) is 11.8 Å². The van der Waals surface area contributed by atoms with Gasteiger partial charge in [-0.2, -0.15) is 0 Å². The van der Waals surface area contributed by atoms with Crippen LogP contribution in [0, 0.1) is 18.6 Å². The molecule has 1 amide bonds. The maximum absolute atomic E-state index is 15.8. The fourth-order valence-electron chi connectivity index (χ4n) is 5.75. The molecule has 2 aliphatic rings. The maximum Gasteiger partial charge on any atom is 0.257 e. The number of benzene rings is 2. The summed E-state index contributed by atoms with van der Waals surface area (Å²) >= 11 is 6.33. The van der Waals surface area contributed by atoms with Gasteiger partial charge < -0.3 is 20.9 Å². The van der Waals surface area contributed by atoms with Crippen LogP contribution in [-0.2, 0) is 6.42 Å². The first-order valence-electron chi connectivity index (χ1n) is 14.6. The van der Waals surface area contributed by atoms with E-state index >= 15 is 4.39 Å². The molecule has 2 saturated heterocycles. The lowest BCUT2D eigenvalue weighted by molar-refractivity contribution is -0.0548. The van der Waals surface area contributed by atoms with Crippen molar-refractivity contribution in [2.75, 3.05) is 55.7 Å². The van der Waals surface area contributed by atoms with Crippen LogP contribution in [-0.4, -0.2) is 88.5 Å². The number of anilines is 3. The molecule has 0 spiro atoms. The summed E-state index contributed by atoms with van der Waals surface area (Å²) in [5, 5.41) is 11.1. The molecule has 5 rings (SSSR count). The van der Waals surface area contributed by atoms with Crippen LogP contribution < -0.4 is 16.0 Å². The van der Waals surface area contributed by atoms with Gasteiger partial charge in [0.15, 0.2) is 11.6 Å². The second kappa shape index (κ2) is 12.5. The average molecular weight is 637 g/mol. The predicted molar refractivity (Wildman–Crippen MR) is 163 cm³/mol. The molecule has 0 saturated carbocycles. The second-order valence-electron chi connectivity index (χ2n) is 11.9. The average Bonchev–Trinajstić information content (AvgIpc) is 3.45. The number of carbonyl (C=O) groups excluding carboxylic acids is 1. The number of likely N-dealkylation sites (N-methyl/N-ethyl adjacent to an activating group) is 1. The quantitative estimate of drug-likeness (QED) is 0.274. The Hall–Kier alpha value is -3.42. The number of nitrogen functional groups attached to an aromatic ring is 1. The van der Waals surface area contributed by atoms with Crippen LogP contribution in [0.1, 0.15) is 48.3 Å². The molecule has 14 heteroatoms. The first-order valence-corrected chi connectivity index (χ1v) is 15.0. The van der Waals surface area contributed by atoms with Crippen LogP contribution in [0.4, 0.5) is 34.6 Å². The molecule has 3 heterocycles. The van der Waals surface area contributed by atoms with Gasteiger partial charge in [-0.1, -0.05) is 16.8 Å². The van der Waals surface area contributed by atoms with E-state index in [2.05, 4.69) is 34.4 Å². The van der Waals surface area contributed by atoms with E-state index in [9.17, 15) is 18.0 Å². The summed E-state index contributed by atoms with van der Waals surface area (Å²) in [6, 6.07) is 4.33. The van der Waals surface area contributed by atoms with E-state index in [0.29, 0.717) is 56.2 Å². The number of nitrogens with two attached hydrogens (primary N) is 1. The fraction of sp³-hybridized carbons (Fsp3) is 0.500. The number of nitrogens with zero attached hydrogens (tertiary/aromatic N) is 6. The van der Waals surface area contributed by atoms with Gasteiger partial charge >= 0.3 is 0 Å². The van der Waals surface area contributed by atoms with E-state index in [0.717, 1.165) is 0 Å². The van der Waals surface area contributed by atoms with Gasteiger partial charge in [0.2, 0.25) is 0 Å². The van der Waals surface area contributed by atoms with Gasteiger partial charge in [-0.3, -0.25) is 9.69 Å². The number of likely N-dealkylation sites (tertiary alicyclic amines) is 1. The van der Waals surface area contributed by atoms with E-state index in [1.807, 2.05) is 16.8 Å². The van der Waals surface area contributed by atoms with E-state index in [1.165, 1.54) is 29.8 Å². The number of amides is 1. The number of aromatic nitrogens is 3. The standard InChI is InChI=1S/C30H37ClF4N8O/c1-17-14-42(15-18(2)40(17)4)26-12-22(32)25(13-24(26)37-29(44)21-11-23(36)28(33)19(3)27(21)31)43-16-20(38-39-43)5-8-41-9-6-30(34,35)7-10-41/h11-13,16-18H,5-10,14-15,36H2,1-4H3,(H,37,44)/t17-,18+. The molecule has 2 aliphatic heterocycles. The molecular formula is C30H37ClF4N8O. The van der Waals surface area contributed by atoms with Gasteiger partial charge in [-0.15, -0.1) is 5.10 Å². The van der Waals surface area contributed by atoms with E-state index in [4.69, 9.17) is 17.3 Å². The molecule has 0 bridgehead atoms. The Kier molecular flexibility index (Phi) is 9.11. The Morgan fingerprint density at radius 2 is 1.77 bits per heavy atom. The van der Waals surface area contributed by atoms with Crippen LogP contribution in [0.2, 0.25) is 5.02 Å². The Labute approximate surface area is 258 Å². The second-order valence-corrected chi connectivity index (χ2v) is 12.3. The van der Waals surface area contributed by atoms with Crippen molar-refractivity contribution in [3.05, 3.63) is 57.9 Å². The zero-order valence-corrected chi connectivity index (χ0v) is 25.9. The molecule has 2 atom stereocenters. The van der Waals surface area contributed by atoms with Crippen LogP contribution >= 0.6 is 11.6 Å². The molecule has 2 fully saturated rings. The van der Waals surface area contributed by atoms with Crippen LogP contribution in [0.25, 0.3) is 5.69 Å². The van der Waals surface area contributed by atoms with E-state index < -0.39 is 23.5 Å². The summed E-state index contributed by atoms with van der Waals surface area (Å²) in [6.07, 6.45) is 1.69. The summed E-state index contributed by atoms with van der Waals surface area (Å²) < 4.78 is 58.4. The molecule has 1 aromatic heterocycles. The third-order valence-corrected chi connectivity index (χ3v) is 9.25. The van der Waals surface area contributed by atoms with Crippen molar-refractivity contribution in [1.29, 1.82) is 0 Å². The van der Waals surface area contributed by atoms with Crippen molar-refractivity contribution in [2.45, 2.75) is 58.0 Å². The molecule has 0 unspecified atom stereocenters. The highest BCUT2D eigenvalue weighted by molar-refractivity contribution is 6.35. The van der Waals surface area contributed by atoms with Crippen molar-refractivity contribution < 1.29 is 22.4 Å². The summed E-state index contributed by atoms with van der Waals surface area (Å²) in [4.78, 5) is 19.7. The Balaban J connectivity index is 1.44. The van der Waals surface area contributed by atoms with Crippen molar-refractivity contribution in [3.63, 3.8) is 0 Å². The molecule has 3 N–H and O–H groups in total. The zero-order valence-electron chi connectivity index (χ0n) is 25.2. The largest absolute Gasteiger partial charge is 0.396 e. The molecule has 2 aromatic carbocycles. The van der Waals surface area contributed by atoms with Crippen molar-refractivity contribution in [3.8, 4) is 5.69 Å². The third kappa shape index (κ3) is 6.64. The Morgan fingerprint density at radius 3 is 2.43 bits per heavy atom. The number of nitrogens with one attached hydrogen (secondary N) is 1. The number of piperazine rings is 1.